The van der Waals surface area contributed by atoms with Crippen LogP contribution in [0.4, 0.5) is 4.39 Å². The van der Waals surface area contributed by atoms with Crippen molar-refractivity contribution in [3.63, 3.8) is 0 Å². The van der Waals surface area contributed by atoms with Crippen LogP contribution in [0.15, 0.2) is 11.9 Å². The number of hydrogen-bond donors (Lipinski definition) is 0. The Hall–Kier alpha value is -0.265. The lowest BCUT2D eigenvalue weighted by atomic mass is 10.00. The second-order valence-corrected chi connectivity index (χ2v) is 3.04. The summed E-state index contributed by atoms with van der Waals surface area (Å²) in [6.07, 6.45) is 7.93. The molecule has 0 heterocycles. The maximum absolute atomic E-state index is 12.8. The molecule has 0 saturated heterocycles. The van der Waals surface area contributed by atoms with Gasteiger partial charge in [-0.2, -0.15) is 0 Å². The summed E-state index contributed by atoms with van der Waals surface area (Å²) in [5, 5.41) is 0. The lowest BCUT2D eigenvalue weighted by Crippen LogP contribution is -1.78. The van der Waals surface area contributed by atoms with Gasteiger partial charge in [-0.3, -0.25) is 0 Å². The van der Waals surface area contributed by atoms with Gasteiger partial charge in [-0.05, 0) is 19.3 Å². The van der Waals surface area contributed by atoms with Gasteiger partial charge in [-0.25, -0.2) is 4.39 Å². The first-order valence-electron chi connectivity index (χ1n) is 4.85. The zero-order valence-corrected chi connectivity index (χ0v) is 7.98. The highest BCUT2D eigenvalue weighted by atomic mass is 19.1. The van der Waals surface area contributed by atoms with Gasteiger partial charge in [-0.15, -0.1) is 0 Å². The van der Waals surface area contributed by atoms with Crippen molar-refractivity contribution in [3.8, 4) is 0 Å². The van der Waals surface area contributed by atoms with Gasteiger partial charge in [0.25, 0.3) is 0 Å². The molecule has 0 aliphatic heterocycles. The Morgan fingerprint density at radius 1 is 1.33 bits per heavy atom. The third-order valence-corrected chi connectivity index (χ3v) is 1.79. The Morgan fingerprint density at radius 2 is 2.08 bits per heavy atom. The van der Waals surface area contributed by atoms with Crippen LogP contribution in [0.2, 0.25) is 6.32 Å². The second-order valence-electron chi connectivity index (χ2n) is 3.04. The van der Waals surface area contributed by atoms with E-state index in [2.05, 4.69) is 6.92 Å². The molecule has 0 saturated carbocycles. The lowest BCUT2D eigenvalue weighted by Gasteiger charge is -1.95. The average Bonchev–Trinajstić information content (AvgIpc) is 2.09. The first kappa shape index (κ1) is 11.7. The third kappa shape index (κ3) is 7.84. The highest BCUT2D eigenvalue weighted by Crippen LogP contribution is 2.10. The molecule has 0 aliphatic rings. The minimum Gasteiger partial charge on any atom is -0.212 e. The fraction of sp³-hybridized carbons (Fsp3) is 0.800. The van der Waals surface area contributed by atoms with E-state index in [1.165, 1.54) is 12.8 Å². The zero-order valence-electron chi connectivity index (χ0n) is 7.98. The Labute approximate surface area is 76.7 Å². The van der Waals surface area contributed by atoms with Gasteiger partial charge in [0.15, 0.2) is 0 Å². The van der Waals surface area contributed by atoms with Crippen molar-refractivity contribution in [2.45, 2.75) is 51.8 Å². The second kappa shape index (κ2) is 8.83. The molecule has 68 valence electrons. The van der Waals surface area contributed by atoms with E-state index < -0.39 is 0 Å². The molecular weight excluding hydrogens is 150 g/mol. The van der Waals surface area contributed by atoms with Crippen LogP contribution in [0.25, 0.3) is 0 Å². The van der Waals surface area contributed by atoms with Crippen molar-refractivity contribution in [2.24, 2.45) is 0 Å². The van der Waals surface area contributed by atoms with Gasteiger partial charge in [0.2, 0.25) is 0 Å². The lowest BCUT2D eigenvalue weighted by molar-refractivity contribution is 0.573. The van der Waals surface area contributed by atoms with Crippen molar-refractivity contribution in [1.29, 1.82) is 0 Å². The Balaban J connectivity index is 3.28. The molecule has 0 N–H and O–H groups in total. The highest BCUT2D eigenvalue weighted by molar-refractivity contribution is 6.08. The molecule has 2 radical (unpaired) electrons. The Morgan fingerprint density at radius 3 is 2.67 bits per heavy atom. The first-order valence-corrected chi connectivity index (χ1v) is 4.85. The van der Waals surface area contributed by atoms with E-state index in [1.54, 1.807) is 6.08 Å². The maximum atomic E-state index is 12.8. The van der Waals surface area contributed by atoms with Gasteiger partial charge < -0.3 is 0 Å². The highest BCUT2D eigenvalue weighted by Gasteiger charge is 1.92. The summed E-state index contributed by atoms with van der Waals surface area (Å²) < 4.78 is 12.8. The molecule has 0 amide bonds. The quantitative estimate of drug-likeness (QED) is 0.400. The van der Waals surface area contributed by atoms with Crippen molar-refractivity contribution >= 4 is 7.85 Å². The fourth-order valence-corrected chi connectivity index (χ4v) is 1.03. The smallest absolute Gasteiger partial charge is 0.0959 e. The Bertz CT molecular complexity index is 121. The van der Waals surface area contributed by atoms with Crippen molar-refractivity contribution in [3.05, 3.63) is 11.9 Å². The summed E-state index contributed by atoms with van der Waals surface area (Å²) in [5.74, 6) is 0.0107. The molecule has 0 rings (SSSR count). The molecule has 0 aromatic rings. The summed E-state index contributed by atoms with van der Waals surface area (Å²) in [4.78, 5) is 0. The summed E-state index contributed by atoms with van der Waals surface area (Å²) in [6.45, 7) is 2.15. The largest absolute Gasteiger partial charge is 0.212 e. The molecule has 0 aromatic carbocycles. The zero-order chi connectivity index (χ0) is 9.23. The van der Waals surface area contributed by atoms with E-state index in [-0.39, 0.29) is 5.83 Å². The number of halogens is 1. The van der Waals surface area contributed by atoms with Crippen LogP contribution in [0.5, 0.6) is 0 Å². The molecule has 0 fully saturated rings. The molecule has 0 spiro atoms. The SMILES string of the molecule is [B]CCCC(F)=CCCCCC. The first-order chi connectivity index (χ1) is 5.81. The molecule has 0 unspecified atom stereocenters. The van der Waals surface area contributed by atoms with Crippen molar-refractivity contribution < 1.29 is 4.39 Å². The summed E-state index contributed by atoms with van der Waals surface area (Å²) in [6, 6.07) is 0. The summed E-state index contributed by atoms with van der Waals surface area (Å²) >= 11 is 0. The van der Waals surface area contributed by atoms with Crippen molar-refractivity contribution in [2.75, 3.05) is 0 Å². The molecular formula is C10H18BF. The molecule has 0 bridgehead atoms. The van der Waals surface area contributed by atoms with Crippen LogP contribution in [-0.2, 0) is 0 Å². The van der Waals surface area contributed by atoms with Gasteiger partial charge in [-0.1, -0.05) is 38.6 Å². The van der Waals surface area contributed by atoms with Crippen molar-refractivity contribution in [1.82, 2.24) is 0 Å². The van der Waals surface area contributed by atoms with E-state index in [0.717, 1.165) is 19.3 Å². The van der Waals surface area contributed by atoms with E-state index in [9.17, 15) is 4.39 Å². The predicted octanol–water partition coefficient (Wildman–Crippen LogP) is 3.79. The predicted molar refractivity (Wildman–Crippen MR) is 53.1 cm³/mol. The summed E-state index contributed by atoms with van der Waals surface area (Å²) in [5.41, 5.74) is 0. The van der Waals surface area contributed by atoms with E-state index in [1.807, 2.05) is 0 Å². The monoisotopic (exact) mass is 168 g/mol. The van der Waals surface area contributed by atoms with Crippen LogP contribution in [0.1, 0.15) is 45.4 Å². The minimum atomic E-state index is 0.0107. The molecule has 0 atom stereocenters. The van der Waals surface area contributed by atoms with Crippen LogP contribution in [-0.4, -0.2) is 7.85 Å². The molecule has 12 heavy (non-hydrogen) atoms. The minimum absolute atomic E-state index is 0.0107. The maximum Gasteiger partial charge on any atom is 0.0959 e. The van der Waals surface area contributed by atoms with Gasteiger partial charge in [0, 0.05) is 0 Å². The van der Waals surface area contributed by atoms with E-state index in [0.29, 0.717) is 12.7 Å². The summed E-state index contributed by atoms with van der Waals surface area (Å²) in [7, 11) is 5.26. The van der Waals surface area contributed by atoms with Crippen LogP contribution >= 0.6 is 0 Å². The van der Waals surface area contributed by atoms with Gasteiger partial charge >= 0.3 is 0 Å². The van der Waals surface area contributed by atoms with Gasteiger partial charge in [0.1, 0.15) is 0 Å². The number of allylic oxidation sites excluding steroid dienone is 2. The molecule has 2 heteroatoms. The number of unbranched alkanes of at least 4 members (excludes halogenated alkanes) is 3. The normalized spacial score (nSPS) is 12.0. The molecule has 0 aromatic heterocycles. The number of rotatable bonds is 7. The van der Waals surface area contributed by atoms with E-state index >= 15 is 0 Å². The molecule has 0 nitrogen and oxygen atoms in total. The Kier molecular flexibility index (Phi) is 8.63. The standard InChI is InChI=1S/C10H18BF/c1-2-3-4-5-7-10(12)8-6-9-11/h7H,2-6,8-9H2,1H3. The fourth-order valence-electron chi connectivity index (χ4n) is 1.03. The molecule has 0 aliphatic carbocycles. The van der Waals surface area contributed by atoms with Crippen LogP contribution in [0.3, 0.4) is 0 Å². The van der Waals surface area contributed by atoms with Crippen LogP contribution < -0.4 is 0 Å². The van der Waals surface area contributed by atoms with E-state index in [4.69, 9.17) is 7.85 Å². The average molecular weight is 168 g/mol. The number of hydrogen-bond acceptors (Lipinski definition) is 0. The topological polar surface area (TPSA) is 0 Å². The van der Waals surface area contributed by atoms with Crippen LogP contribution in [0, 0.1) is 0 Å². The van der Waals surface area contributed by atoms with Gasteiger partial charge in [0.05, 0.1) is 13.7 Å². The third-order valence-electron chi connectivity index (χ3n) is 1.79.